The van der Waals surface area contributed by atoms with Crippen LogP contribution in [0.2, 0.25) is 0 Å². The first-order chi connectivity index (χ1) is 13.4. The molecule has 154 valence electrons. The third kappa shape index (κ3) is 4.08. The number of carbonyl (C=O) groups excluding carboxylic acids is 1. The first kappa shape index (κ1) is 21.1. The number of sulfonamides is 1. The fourth-order valence-corrected chi connectivity index (χ4v) is 4.70. The van der Waals surface area contributed by atoms with Crippen molar-refractivity contribution in [3.8, 4) is 0 Å². The van der Waals surface area contributed by atoms with Gasteiger partial charge in [0.1, 0.15) is 5.82 Å². The van der Waals surface area contributed by atoms with Gasteiger partial charge in [-0.2, -0.15) is 0 Å². The van der Waals surface area contributed by atoms with Gasteiger partial charge in [-0.25, -0.2) is 26.5 Å². The van der Waals surface area contributed by atoms with E-state index in [0.29, 0.717) is 4.47 Å². The van der Waals surface area contributed by atoms with E-state index in [1.54, 1.807) is 0 Å². The Morgan fingerprint density at radius 2 is 2.03 bits per heavy atom. The molecule has 3 rings (SSSR count). The molecule has 0 bridgehead atoms. The zero-order chi connectivity index (χ0) is 21.6. The third-order valence-electron chi connectivity index (χ3n) is 4.44. The highest BCUT2D eigenvalue weighted by Crippen LogP contribution is 2.31. The van der Waals surface area contributed by atoms with Crippen molar-refractivity contribution >= 4 is 43.5 Å². The van der Waals surface area contributed by atoms with Gasteiger partial charge in [-0.3, -0.25) is 10.2 Å². The number of nitrogens with zero attached hydrogens (tertiary/aromatic N) is 2. The summed E-state index contributed by atoms with van der Waals surface area (Å²) in [5, 5.41) is 12.9. The molecular formula is C17H16BrF2N5O3S. The van der Waals surface area contributed by atoms with Crippen LogP contribution in [0.5, 0.6) is 0 Å². The predicted molar refractivity (Wildman–Crippen MR) is 106 cm³/mol. The summed E-state index contributed by atoms with van der Waals surface area (Å²) in [7, 11) is -2.62. The molecule has 2 aromatic rings. The number of carbonyl (C=O) groups is 1. The van der Waals surface area contributed by atoms with E-state index < -0.39 is 50.5 Å². The van der Waals surface area contributed by atoms with Crippen molar-refractivity contribution in [2.45, 2.75) is 12.5 Å². The normalized spacial score (nSPS) is 20.9. The summed E-state index contributed by atoms with van der Waals surface area (Å²) in [4.78, 5) is 16.0. The van der Waals surface area contributed by atoms with Gasteiger partial charge in [0.25, 0.3) is 5.91 Å². The maximum Gasteiger partial charge on any atom is 0.277 e. The van der Waals surface area contributed by atoms with Gasteiger partial charge in [0.15, 0.2) is 11.5 Å². The fraction of sp³-hybridized carbons (Fsp3) is 0.235. The zero-order valence-electron chi connectivity index (χ0n) is 15.3. The number of amides is 1. The molecule has 0 unspecified atom stereocenters. The first-order valence-electron chi connectivity index (χ1n) is 8.19. The van der Waals surface area contributed by atoms with Crippen LogP contribution in [0.15, 0.2) is 34.9 Å². The number of rotatable bonds is 3. The van der Waals surface area contributed by atoms with Crippen LogP contribution in [0.4, 0.5) is 14.5 Å². The Morgan fingerprint density at radius 1 is 1.34 bits per heavy atom. The summed E-state index contributed by atoms with van der Waals surface area (Å²) < 4.78 is 54.2. The van der Waals surface area contributed by atoms with Crippen molar-refractivity contribution in [2.24, 2.45) is 0 Å². The Balaban J connectivity index is 1.94. The van der Waals surface area contributed by atoms with Crippen molar-refractivity contribution in [3.63, 3.8) is 0 Å². The number of halogens is 3. The molecule has 1 aliphatic heterocycles. The van der Waals surface area contributed by atoms with Gasteiger partial charge in [-0.1, -0.05) is 0 Å². The van der Waals surface area contributed by atoms with Crippen molar-refractivity contribution in [1.82, 2.24) is 14.6 Å². The largest absolute Gasteiger partial charge is 0.345 e. The summed E-state index contributed by atoms with van der Waals surface area (Å²) in [6.45, 7) is 1.44. The lowest BCUT2D eigenvalue weighted by molar-refractivity contribution is 0.101. The molecule has 0 spiro atoms. The molecule has 3 N–H and O–H groups in total. The predicted octanol–water partition coefficient (Wildman–Crippen LogP) is 2.39. The maximum atomic E-state index is 14.5. The summed E-state index contributed by atoms with van der Waals surface area (Å²) in [5.74, 6) is -3.33. The maximum absolute atomic E-state index is 14.5. The molecule has 1 atom stereocenters. The lowest BCUT2D eigenvalue weighted by Gasteiger charge is -2.40. The summed E-state index contributed by atoms with van der Waals surface area (Å²) >= 11 is 3.05. The number of anilines is 1. The van der Waals surface area contributed by atoms with Crippen molar-refractivity contribution in [2.75, 3.05) is 18.1 Å². The van der Waals surface area contributed by atoms with Crippen molar-refractivity contribution in [3.05, 3.63) is 57.8 Å². The van der Waals surface area contributed by atoms with E-state index in [4.69, 9.17) is 5.41 Å². The Kier molecular flexibility index (Phi) is 5.34. The molecule has 1 amide bonds. The minimum Gasteiger partial charge on any atom is -0.345 e. The van der Waals surface area contributed by atoms with E-state index in [2.05, 4.69) is 31.5 Å². The van der Waals surface area contributed by atoms with Crippen molar-refractivity contribution < 1.29 is 22.0 Å². The van der Waals surface area contributed by atoms with E-state index >= 15 is 0 Å². The average Bonchev–Trinajstić information content (AvgIpc) is 2.60. The number of aromatic nitrogens is 1. The Morgan fingerprint density at radius 3 is 2.66 bits per heavy atom. The van der Waals surface area contributed by atoms with Crippen LogP contribution in [-0.4, -0.2) is 42.4 Å². The van der Waals surface area contributed by atoms with Gasteiger partial charge in [0.05, 0.1) is 11.3 Å². The lowest BCUT2D eigenvalue weighted by atomic mass is 9.93. The van der Waals surface area contributed by atoms with E-state index in [-0.39, 0.29) is 11.3 Å². The smallest absolute Gasteiger partial charge is 0.277 e. The summed E-state index contributed by atoms with van der Waals surface area (Å²) in [5.41, 5.74) is -1.86. The second-order valence-electron chi connectivity index (χ2n) is 6.66. The van der Waals surface area contributed by atoms with Crippen molar-refractivity contribution in [1.29, 1.82) is 5.41 Å². The first-order valence-corrected chi connectivity index (χ1v) is 10.6. The number of benzene rings is 1. The number of hydrogen-bond donors (Lipinski definition) is 3. The number of hydrogen-bond acceptors (Lipinski definition) is 5. The second kappa shape index (κ2) is 7.34. The van der Waals surface area contributed by atoms with Crippen LogP contribution in [0.3, 0.4) is 0 Å². The fourth-order valence-electron chi connectivity index (χ4n) is 2.92. The second-order valence-corrected chi connectivity index (χ2v) is 9.58. The van der Waals surface area contributed by atoms with Gasteiger partial charge in [-0.05, 0) is 47.1 Å². The molecular weight excluding hydrogens is 472 g/mol. The number of pyridine rings is 1. The molecule has 0 saturated carbocycles. The standard InChI is InChI=1S/C17H16BrF2N5O3S/c1-17(8-29(27,28)25(2)16(21)24-17)11-6-10(3-4-12(11)19)23-15(26)14-13(20)5-9(18)7-22-14/h3-7H,8H2,1-2H3,(H2,21,24)(H,23,26)/t17-/m0/s1. The van der Waals surface area contributed by atoms with E-state index in [1.165, 1.54) is 32.3 Å². The van der Waals surface area contributed by atoms with Crippen LogP contribution < -0.4 is 10.6 Å². The Hall–Kier alpha value is -2.60. The molecule has 12 heteroatoms. The number of guanidine groups is 1. The van der Waals surface area contributed by atoms with E-state index in [0.717, 1.165) is 16.4 Å². The zero-order valence-corrected chi connectivity index (χ0v) is 17.7. The lowest BCUT2D eigenvalue weighted by Crippen LogP contribution is -2.61. The van der Waals surface area contributed by atoms with Gasteiger partial charge < -0.3 is 10.6 Å². The molecule has 1 fully saturated rings. The quantitative estimate of drug-likeness (QED) is 0.614. The van der Waals surface area contributed by atoms with E-state index in [9.17, 15) is 22.0 Å². The topological polar surface area (TPSA) is 115 Å². The van der Waals surface area contributed by atoms with Gasteiger partial charge in [0, 0.05) is 29.0 Å². The number of nitrogens with one attached hydrogen (secondary N) is 3. The van der Waals surface area contributed by atoms with Crippen LogP contribution >= 0.6 is 15.9 Å². The average molecular weight is 488 g/mol. The Labute approximate surface area is 174 Å². The van der Waals surface area contributed by atoms with Crippen LogP contribution in [0.1, 0.15) is 23.0 Å². The molecule has 0 aliphatic carbocycles. The molecule has 1 aromatic heterocycles. The Bertz CT molecular complexity index is 1130. The van der Waals surface area contributed by atoms with E-state index in [1.807, 2.05) is 0 Å². The summed E-state index contributed by atoms with van der Waals surface area (Å²) in [6.07, 6.45) is 1.26. The van der Waals surface area contributed by atoms with Gasteiger partial charge in [-0.15, -0.1) is 0 Å². The molecule has 0 radical (unpaired) electrons. The molecule has 1 aliphatic rings. The minimum absolute atomic E-state index is 0.0686. The van der Waals surface area contributed by atoms with Gasteiger partial charge in [0.2, 0.25) is 16.0 Å². The van der Waals surface area contributed by atoms with Crippen LogP contribution in [-0.2, 0) is 15.6 Å². The highest BCUT2D eigenvalue weighted by molar-refractivity contribution is 9.10. The SMILES string of the molecule is CN1C(=N)N[C@](C)(c2cc(NC(=O)c3ncc(Br)cc3F)ccc2F)CS1(=O)=O. The molecule has 29 heavy (non-hydrogen) atoms. The highest BCUT2D eigenvalue weighted by Gasteiger charge is 2.43. The highest BCUT2D eigenvalue weighted by atomic mass is 79.9. The molecule has 1 saturated heterocycles. The third-order valence-corrected chi connectivity index (χ3v) is 6.83. The van der Waals surface area contributed by atoms with Crippen LogP contribution in [0.25, 0.3) is 0 Å². The summed E-state index contributed by atoms with van der Waals surface area (Å²) in [6, 6.07) is 4.63. The molecule has 8 nitrogen and oxygen atoms in total. The minimum atomic E-state index is -3.84. The molecule has 2 heterocycles. The molecule has 1 aromatic carbocycles. The monoisotopic (exact) mass is 487 g/mol. The van der Waals surface area contributed by atoms with Crippen LogP contribution in [0, 0.1) is 17.0 Å². The van der Waals surface area contributed by atoms with Gasteiger partial charge >= 0.3 is 0 Å².